The molecule has 180 valence electrons. The van der Waals surface area contributed by atoms with Gasteiger partial charge in [-0.2, -0.15) is 0 Å². The fourth-order valence-electron chi connectivity index (χ4n) is 5.83. The van der Waals surface area contributed by atoms with Crippen molar-refractivity contribution in [3.63, 3.8) is 0 Å². The summed E-state index contributed by atoms with van der Waals surface area (Å²) in [5.41, 5.74) is 8.16. The van der Waals surface area contributed by atoms with Gasteiger partial charge >= 0.3 is 0 Å². The van der Waals surface area contributed by atoms with E-state index in [0.717, 1.165) is 61.3 Å². The van der Waals surface area contributed by atoms with Crippen LogP contribution in [0.15, 0.2) is 72.9 Å². The molecule has 3 heterocycles. The number of hydrogen-bond donors (Lipinski definition) is 1. The van der Waals surface area contributed by atoms with Crippen molar-refractivity contribution in [3.05, 3.63) is 78.5 Å². The van der Waals surface area contributed by atoms with E-state index < -0.39 is 0 Å². The maximum atomic E-state index is 12.6. The molecule has 3 aromatic carbocycles. The molecule has 1 saturated heterocycles. The summed E-state index contributed by atoms with van der Waals surface area (Å²) in [6.07, 6.45) is 5.19. The number of aromatic nitrogens is 3. The van der Waals surface area contributed by atoms with E-state index in [0.29, 0.717) is 17.7 Å². The number of benzene rings is 3. The second-order valence-corrected chi connectivity index (χ2v) is 10.6. The summed E-state index contributed by atoms with van der Waals surface area (Å²) in [7, 11) is 0. The number of amides is 1. The Morgan fingerprint density at radius 3 is 2.61 bits per heavy atom. The van der Waals surface area contributed by atoms with Crippen LogP contribution in [-0.2, 0) is 11.3 Å². The van der Waals surface area contributed by atoms with Crippen LogP contribution in [0.25, 0.3) is 44.5 Å². The minimum atomic E-state index is 0.298. The molecular formula is C31H30N4O. The van der Waals surface area contributed by atoms with Crippen molar-refractivity contribution in [2.75, 3.05) is 13.1 Å². The fourth-order valence-corrected chi connectivity index (χ4v) is 5.83. The zero-order chi connectivity index (χ0) is 24.2. The van der Waals surface area contributed by atoms with Gasteiger partial charge in [-0.3, -0.25) is 4.79 Å². The van der Waals surface area contributed by atoms with E-state index in [4.69, 9.17) is 4.98 Å². The lowest BCUT2D eigenvalue weighted by atomic mass is 10.0. The van der Waals surface area contributed by atoms with Crippen LogP contribution in [0.2, 0.25) is 0 Å². The van der Waals surface area contributed by atoms with E-state index in [2.05, 4.69) is 88.1 Å². The van der Waals surface area contributed by atoms with E-state index in [1.54, 1.807) is 0 Å². The van der Waals surface area contributed by atoms with Gasteiger partial charge in [-0.1, -0.05) is 48.5 Å². The SMILES string of the molecule is Cc1cccc2nc(-c3ccc(-c4ccc5cc[nH]c5c4)cc3)n(CC3CCN(C(=O)C4CC4)C3)c12. The van der Waals surface area contributed by atoms with E-state index in [1.165, 1.54) is 27.6 Å². The third kappa shape index (κ3) is 3.70. The van der Waals surface area contributed by atoms with Gasteiger partial charge in [0.25, 0.3) is 0 Å². The Labute approximate surface area is 210 Å². The number of rotatable bonds is 5. The molecule has 2 aliphatic rings. The van der Waals surface area contributed by atoms with Gasteiger partial charge in [-0.25, -0.2) is 4.98 Å². The first-order valence-corrected chi connectivity index (χ1v) is 13.1. The molecule has 1 aliphatic heterocycles. The van der Waals surface area contributed by atoms with Crippen LogP contribution in [0.1, 0.15) is 24.8 Å². The largest absolute Gasteiger partial charge is 0.361 e. The fraction of sp³-hybridized carbons (Fsp3) is 0.290. The smallest absolute Gasteiger partial charge is 0.225 e. The molecule has 7 rings (SSSR count). The highest BCUT2D eigenvalue weighted by molar-refractivity contribution is 5.86. The molecule has 1 saturated carbocycles. The Balaban J connectivity index is 1.22. The zero-order valence-electron chi connectivity index (χ0n) is 20.6. The molecule has 1 unspecified atom stereocenters. The van der Waals surface area contributed by atoms with Crippen molar-refractivity contribution in [2.45, 2.75) is 32.7 Å². The van der Waals surface area contributed by atoms with Crippen molar-refractivity contribution < 1.29 is 4.79 Å². The number of nitrogens with zero attached hydrogens (tertiary/aromatic N) is 3. The van der Waals surface area contributed by atoms with Crippen LogP contribution in [0.4, 0.5) is 0 Å². The highest BCUT2D eigenvalue weighted by Crippen LogP contribution is 2.35. The first-order valence-electron chi connectivity index (χ1n) is 13.1. The quantitative estimate of drug-likeness (QED) is 0.320. The van der Waals surface area contributed by atoms with Gasteiger partial charge in [0.15, 0.2) is 0 Å². The molecule has 36 heavy (non-hydrogen) atoms. The Morgan fingerprint density at radius 1 is 0.972 bits per heavy atom. The van der Waals surface area contributed by atoms with Gasteiger partial charge < -0.3 is 14.5 Å². The minimum Gasteiger partial charge on any atom is -0.361 e. The Bertz CT molecular complexity index is 1590. The lowest BCUT2D eigenvalue weighted by molar-refractivity contribution is -0.131. The van der Waals surface area contributed by atoms with Gasteiger partial charge in [0.05, 0.1) is 11.0 Å². The summed E-state index contributed by atoms with van der Waals surface area (Å²) >= 11 is 0. The first-order chi connectivity index (χ1) is 17.6. The zero-order valence-corrected chi connectivity index (χ0v) is 20.6. The van der Waals surface area contributed by atoms with Crippen molar-refractivity contribution in [3.8, 4) is 22.5 Å². The molecule has 0 spiro atoms. The van der Waals surface area contributed by atoms with Gasteiger partial charge in [0.2, 0.25) is 5.91 Å². The molecule has 1 N–H and O–H groups in total. The molecule has 5 heteroatoms. The number of likely N-dealkylation sites (tertiary alicyclic amines) is 1. The summed E-state index contributed by atoms with van der Waals surface area (Å²) < 4.78 is 2.40. The van der Waals surface area contributed by atoms with E-state index in [-0.39, 0.29) is 0 Å². The molecule has 0 radical (unpaired) electrons. The molecule has 1 atom stereocenters. The number of carbonyl (C=O) groups is 1. The molecule has 2 aromatic heterocycles. The second kappa shape index (κ2) is 8.37. The van der Waals surface area contributed by atoms with Crippen molar-refractivity contribution in [1.29, 1.82) is 0 Å². The normalized spacial score (nSPS) is 17.9. The number of para-hydroxylation sites is 1. The highest BCUT2D eigenvalue weighted by Gasteiger charge is 2.36. The summed E-state index contributed by atoms with van der Waals surface area (Å²) in [5, 5.41) is 1.23. The minimum absolute atomic E-state index is 0.298. The molecule has 1 aliphatic carbocycles. The molecule has 5 aromatic rings. The summed E-state index contributed by atoms with van der Waals surface area (Å²) in [6, 6.07) is 23.8. The lowest BCUT2D eigenvalue weighted by Gasteiger charge is -2.18. The predicted molar refractivity (Wildman–Crippen MR) is 145 cm³/mol. The second-order valence-electron chi connectivity index (χ2n) is 10.6. The number of aromatic amines is 1. The maximum Gasteiger partial charge on any atom is 0.225 e. The number of carbonyl (C=O) groups excluding carboxylic acids is 1. The topological polar surface area (TPSA) is 53.9 Å². The van der Waals surface area contributed by atoms with Crippen LogP contribution in [0, 0.1) is 18.8 Å². The molecule has 1 amide bonds. The standard InChI is InChI=1S/C31H30N4O/c1-20-3-2-4-27-29(20)35(19-21-14-16-34(18-21)31(36)25-10-11-25)30(33-27)24-8-5-22(6-9-24)26-12-7-23-13-15-32-28(23)17-26/h2-9,12-13,15,17,21,25,32H,10-11,14,16,18-19H2,1H3. The average Bonchev–Trinajstić information content (AvgIpc) is 3.29. The number of aryl methyl sites for hydroxylation is 1. The molecule has 2 fully saturated rings. The third-order valence-corrected chi connectivity index (χ3v) is 7.96. The lowest BCUT2D eigenvalue weighted by Crippen LogP contribution is -2.30. The number of imidazole rings is 1. The van der Waals surface area contributed by atoms with Crippen LogP contribution >= 0.6 is 0 Å². The predicted octanol–water partition coefficient (Wildman–Crippen LogP) is 6.42. The van der Waals surface area contributed by atoms with Crippen LogP contribution < -0.4 is 0 Å². The summed E-state index contributed by atoms with van der Waals surface area (Å²) in [4.78, 5) is 23.1. The summed E-state index contributed by atoms with van der Waals surface area (Å²) in [6.45, 7) is 4.80. The number of hydrogen-bond acceptors (Lipinski definition) is 2. The molecule has 5 nitrogen and oxygen atoms in total. The number of H-pyrrole nitrogens is 1. The van der Waals surface area contributed by atoms with Crippen molar-refractivity contribution in [1.82, 2.24) is 19.4 Å². The first kappa shape index (κ1) is 21.4. The van der Waals surface area contributed by atoms with Gasteiger partial charge in [-0.15, -0.1) is 0 Å². The highest BCUT2D eigenvalue weighted by atomic mass is 16.2. The maximum absolute atomic E-state index is 12.6. The Hall–Kier alpha value is -3.86. The van der Waals surface area contributed by atoms with Crippen LogP contribution in [-0.4, -0.2) is 38.4 Å². The Kier molecular flexibility index (Phi) is 4.98. The van der Waals surface area contributed by atoms with E-state index in [1.807, 2.05) is 6.20 Å². The van der Waals surface area contributed by atoms with Crippen molar-refractivity contribution >= 4 is 27.8 Å². The van der Waals surface area contributed by atoms with Crippen LogP contribution in [0.5, 0.6) is 0 Å². The monoisotopic (exact) mass is 474 g/mol. The number of fused-ring (bicyclic) bond motifs is 2. The van der Waals surface area contributed by atoms with Gasteiger partial charge in [0.1, 0.15) is 5.82 Å². The van der Waals surface area contributed by atoms with Crippen LogP contribution in [0.3, 0.4) is 0 Å². The van der Waals surface area contributed by atoms with E-state index in [9.17, 15) is 4.79 Å². The Morgan fingerprint density at radius 2 is 1.78 bits per heavy atom. The number of nitrogens with one attached hydrogen (secondary N) is 1. The van der Waals surface area contributed by atoms with Gasteiger partial charge in [0, 0.05) is 42.8 Å². The molecule has 0 bridgehead atoms. The van der Waals surface area contributed by atoms with Crippen molar-refractivity contribution in [2.24, 2.45) is 11.8 Å². The van der Waals surface area contributed by atoms with E-state index >= 15 is 0 Å². The summed E-state index contributed by atoms with van der Waals surface area (Å²) in [5.74, 6) is 2.14. The third-order valence-electron chi connectivity index (χ3n) is 7.96. The average molecular weight is 475 g/mol. The van der Waals surface area contributed by atoms with Gasteiger partial charge in [-0.05, 0) is 72.4 Å². The molecular weight excluding hydrogens is 444 g/mol.